The van der Waals surface area contributed by atoms with Gasteiger partial charge >= 0.3 is 0 Å². The third-order valence-corrected chi connectivity index (χ3v) is 5.10. The van der Waals surface area contributed by atoms with E-state index in [1.807, 2.05) is 49.5 Å². The van der Waals surface area contributed by atoms with Crippen molar-refractivity contribution in [2.45, 2.75) is 6.92 Å². The molecule has 0 saturated heterocycles. The van der Waals surface area contributed by atoms with Crippen molar-refractivity contribution in [2.75, 3.05) is 0 Å². The lowest BCUT2D eigenvalue weighted by Gasteiger charge is -2.11. The van der Waals surface area contributed by atoms with Crippen LogP contribution < -0.4 is 0 Å². The van der Waals surface area contributed by atoms with Gasteiger partial charge in [-0.25, -0.2) is 0 Å². The van der Waals surface area contributed by atoms with E-state index < -0.39 is 0 Å². The quantitative estimate of drug-likeness (QED) is 0.411. The molecule has 0 aliphatic heterocycles. The average Bonchev–Trinajstić information content (AvgIpc) is 3.53. The normalized spacial score (nSPS) is 11.3. The molecule has 31 heavy (non-hydrogen) atoms. The molecule has 0 atom stereocenters. The number of aromatic nitrogens is 6. The van der Waals surface area contributed by atoms with E-state index in [9.17, 15) is 0 Å². The summed E-state index contributed by atoms with van der Waals surface area (Å²) in [5.74, 6) is 0. The van der Waals surface area contributed by atoms with Crippen LogP contribution in [0.2, 0.25) is 0 Å². The van der Waals surface area contributed by atoms with Gasteiger partial charge in [0.05, 0.1) is 22.8 Å². The topological polar surface area (TPSA) is 83.1 Å². The van der Waals surface area contributed by atoms with Crippen molar-refractivity contribution in [1.82, 2.24) is 30.4 Å². The Morgan fingerprint density at radius 1 is 0.806 bits per heavy atom. The summed E-state index contributed by atoms with van der Waals surface area (Å²) in [4.78, 5) is 9.58. The number of aryl methyl sites for hydroxylation is 1. The second-order valence-electron chi connectivity index (χ2n) is 7.18. The lowest BCUT2D eigenvalue weighted by Crippen LogP contribution is -1.96. The van der Waals surface area contributed by atoms with Crippen LogP contribution in [0.15, 0.2) is 79.3 Å². The molecule has 0 amide bonds. The fourth-order valence-corrected chi connectivity index (χ4v) is 3.51. The van der Waals surface area contributed by atoms with Crippen LogP contribution in [0.4, 0.5) is 0 Å². The maximum absolute atomic E-state index is 4.81. The summed E-state index contributed by atoms with van der Waals surface area (Å²) < 4.78 is 0. The molecule has 4 heterocycles. The molecule has 6 heteroatoms. The fraction of sp³-hybridized carbons (Fsp3) is 0.0400. The van der Waals surface area contributed by atoms with Gasteiger partial charge in [0.15, 0.2) is 0 Å². The van der Waals surface area contributed by atoms with Gasteiger partial charge in [0.25, 0.3) is 0 Å². The zero-order valence-electron chi connectivity index (χ0n) is 16.9. The number of H-pyrrole nitrogens is 2. The van der Waals surface area contributed by atoms with Crippen molar-refractivity contribution in [3.63, 3.8) is 0 Å². The van der Waals surface area contributed by atoms with E-state index in [2.05, 4.69) is 56.8 Å². The Kier molecular flexibility index (Phi) is 4.94. The van der Waals surface area contributed by atoms with Crippen LogP contribution in [0.3, 0.4) is 0 Å². The van der Waals surface area contributed by atoms with Crippen LogP contribution in [0.25, 0.3) is 46.1 Å². The van der Waals surface area contributed by atoms with Crippen LogP contribution in [0.5, 0.6) is 0 Å². The van der Waals surface area contributed by atoms with Gasteiger partial charge in [-0.1, -0.05) is 42.5 Å². The van der Waals surface area contributed by atoms with Gasteiger partial charge in [0.1, 0.15) is 0 Å². The molecular formula is C25H20N6. The lowest BCUT2D eigenvalue weighted by molar-refractivity contribution is 1.08. The number of benzene rings is 1. The summed E-state index contributed by atoms with van der Waals surface area (Å²) in [6, 6.07) is 20.3. The van der Waals surface area contributed by atoms with Crippen molar-refractivity contribution in [2.24, 2.45) is 0 Å². The number of aromatic amines is 2. The first-order valence-electron chi connectivity index (χ1n) is 9.98. The molecule has 0 saturated carbocycles. The molecule has 0 bridgehead atoms. The first kappa shape index (κ1) is 18.7. The standard InChI is InChI=1S/C25H20N6/c1-17-21(9-10-23(29-17)24-12-14-28-31-24)25-19(8-7-18-5-3-2-4-6-18)15-20(16-26-25)22-11-13-27-30-22/h2-16H,1H3,(H,27,30)(H,28,31)/b8-7+. The Labute approximate surface area is 179 Å². The zero-order valence-corrected chi connectivity index (χ0v) is 16.9. The fourth-order valence-electron chi connectivity index (χ4n) is 3.51. The number of nitrogens with zero attached hydrogens (tertiary/aromatic N) is 4. The van der Waals surface area contributed by atoms with E-state index in [0.29, 0.717) is 0 Å². The van der Waals surface area contributed by atoms with Crippen LogP contribution in [-0.2, 0) is 0 Å². The molecule has 0 unspecified atom stereocenters. The maximum Gasteiger partial charge on any atom is 0.0884 e. The minimum Gasteiger partial charge on any atom is -0.278 e. The van der Waals surface area contributed by atoms with Gasteiger partial charge in [-0.15, -0.1) is 0 Å². The molecule has 1 aromatic carbocycles. The van der Waals surface area contributed by atoms with Crippen LogP contribution >= 0.6 is 0 Å². The van der Waals surface area contributed by atoms with Gasteiger partial charge < -0.3 is 0 Å². The molecule has 0 radical (unpaired) electrons. The van der Waals surface area contributed by atoms with Crippen LogP contribution in [-0.4, -0.2) is 30.4 Å². The summed E-state index contributed by atoms with van der Waals surface area (Å²) in [5, 5.41) is 14.1. The lowest BCUT2D eigenvalue weighted by atomic mass is 10.0. The third-order valence-electron chi connectivity index (χ3n) is 5.10. The van der Waals surface area contributed by atoms with Crippen molar-refractivity contribution in [3.05, 3.63) is 96.1 Å². The van der Waals surface area contributed by atoms with Gasteiger partial charge in [-0.3, -0.25) is 20.2 Å². The Bertz CT molecular complexity index is 1320. The summed E-state index contributed by atoms with van der Waals surface area (Å²) in [5.41, 5.74) is 8.58. The highest BCUT2D eigenvalue weighted by Gasteiger charge is 2.13. The minimum atomic E-state index is 0.856. The number of pyridine rings is 2. The van der Waals surface area contributed by atoms with Gasteiger partial charge in [0, 0.05) is 41.0 Å². The Morgan fingerprint density at radius 3 is 2.29 bits per heavy atom. The second-order valence-corrected chi connectivity index (χ2v) is 7.18. The highest BCUT2D eigenvalue weighted by atomic mass is 15.1. The highest BCUT2D eigenvalue weighted by Crippen LogP contribution is 2.30. The largest absolute Gasteiger partial charge is 0.278 e. The molecule has 6 nitrogen and oxygen atoms in total. The van der Waals surface area contributed by atoms with E-state index in [1.165, 1.54) is 0 Å². The second kappa shape index (κ2) is 8.20. The first-order chi connectivity index (χ1) is 15.3. The molecule has 5 rings (SSSR count). The van der Waals surface area contributed by atoms with Crippen molar-refractivity contribution in [3.8, 4) is 33.9 Å². The molecular weight excluding hydrogens is 384 g/mol. The van der Waals surface area contributed by atoms with Crippen molar-refractivity contribution >= 4 is 12.2 Å². The SMILES string of the molecule is Cc1nc(-c2ccn[nH]2)ccc1-c1ncc(-c2ccn[nH]2)cc1/C=C/c1ccccc1. The van der Waals surface area contributed by atoms with Crippen LogP contribution in [0.1, 0.15) is 16.8 Å². The molecule has 2 N–H and O–H groups in total. The molecule has 0 aliphatic carbocycles. The number of hydrogen-bond donors (Lipinski definition) is 2. The summed E-state index contributed by atoms with van der Waals surface area (Å²) in [6.07, 6.45) is 9.52. The van der Waals surface area contributed by atoms with E-state index in [4.69, 9.17) is 9.97 Å². The zero-order chi connectivity index (χ0) is 21.0. The van der Waals surface area contributed by atoms with E-state index in [0.717, 1.165) is 50.7 Å². The predicted octanol–water partition coefficient (Wildman–Crippen LogP) is 5.40. The third kappa shape index (κ3) is 3.91. The number of hydrogen-bond acceptors (Lipinski definition) is 4. The molecule has 4 aromatic heterocycles. The Hall–Kier alpha value is -4.32. The average molecular weight is 404 g/mol. The van der Waals surface area contributed by atoms with E-state index in [1.54, 1.807) is 12.4 Å². The van der Waals surface area contributed by atoms with Crippen LogP contribution in [0, 0.1) is 6.92 Å². The van der Waals surface area contributed by atoms with Gasteiger partial charge in [-0.05, 0) is 42.8 Å². The first-order valence-corrected chi connectivity index (χ1v) is 9.98. The van der Waals surface area contributed by atoms with Gasteiger partial charge in [-0.2, -0.15) is 10.2 Å². The maximum atomic E-state index is 4.81. The smallest absolute Gasteiger partial charge is 0.0884 e. The predicted molar refractivity (Wildman–Crippen MR) is 123 cm³/mol. The minimum absolute atomic E-state index is 0.856. The number of nitrogens with one attached hydrogen (secondary N) is 2. The monoisotopic (exact) mass is 404 g/mol. The van der Waals surface area contributed by atoms with Gasteiger partial charge in [0.2, 0.25) is 0 Å². The van der Waals surface area contributed by atoms with E-state index in [-0.39, 0.29) is 0 Å². The molecule has 5 aromatic rings. The molecule has 0 spiro atoms. The molecule has 0 aliphatic rings. The number of rotatable bonds is 5. The van der Waals surface area contributed by atoms with Crippen molar-refractivity contribution in [1.29, 1.82) is 0 Å². The molecule has 150 valence electrons. The summed E-state index contributed by atoms with van der Waals surface area (Å²) in [7, 11) is 0. The highest BCUT2D eigenvalue weighted by molar-refractivity contribution is 5.82. The van der Waals surface area contributed by atoms with E-state index >= 15 is 0 Å². The Morgan fingerprint density at radius 2 is 1.58 bits per heavy atom. The molecule has 0 fully saturated rings. The summed E-state index contributed by atoms with van der Waals surface area (Å²) in [6.45, 7) is 2.00. The van der Waals surface area contributed by atoms with Crippen molar-refractivity contribution < 1.29 is 0 Å². The summed E-state index contributed by atoms with van der Waals surface area (Å²) >= 11 is 0. The Balaban J connectivity index is 1.60.